The third-order valence-corrected chi connectivity index (χ3v) is 9.52. The molecule has 0 N–H and O–H groups in total. The average molecular weight is 963 g/mol. The molecule has 0 bridgehead atoms. The number of hydrogen-bond acceptors (Lipinski definition) is 1. The van der Waals surface area contributed by atoms with Gasteiger partial charge in [-0.2, -0.15) is 114 Å². The van der Waals surface area contributed by atoms with Crippen LogP contribution in [0.4, 0.5) is 114 Å². The fourth-order valence-corrected chi connectivity index (χ4v) is 6.43. The first kappa shape index (κ1) is 59.1. The molecule has 0 aromatic carbocycles. The molecular formula is C34H44F26O. The molecule has 368 valence electrons. The summed E-state index contributed by atoms with van der Waals surface area (Å²) >= 11 is 0. The molecular weight excluding hydrogens is 918 g/mol. The molecule has 4 unspecified atom stereocenters. The van der Waals surface area contributed by atoms with Crippen LogP contribution in [0.25, 0.3) is 0 Å². The summed E-state index contributed by atoms with van der Waals surface area (Å²) in [7, 11) is 0. The van der Waals surface area contributed by atoms with Crippen LogP contribution in [-0.4, -0.2) is 84.8 Å². The fraction of sp³-hybridized carbons (Fsp3) is 1.00. The highest BCUT2D eigenvalue weighted by atomic mass is 19.4. The van der Waals surface area contributed by atoms with Gasteiger partial charge in [0.15, 0.2) is 0 Å². The van der Waals surface area contributed by atoms with Crippen molar-refractivity contribution in [2.75, 3.05) is 13.2 Å². The summed E-state index contributed by atoms with van der Waals surface area (Å²) in [5.41, 5.74) is -1.57. The van der Waals surface area contributed by atoms with Gasteiger partial charge in [0.2, 0.25) is 0 Å². The van der Waals surface area contributed by atoms with Crippen LogP contribution in [0.15, 0.2) is 0 Å². The van der Waals surface area contributed by atoms with E-state index in [9.17, 15) is 96.6 Å². The summed E-state index contributed by atoms with van der Waals surface area (Å²) in [6, 6.07) is 0. The van der Waals surface area contributed by atoms with Crippen LogP contribution in [0.5, 0.6) is 0 Å². The topological polar surface area (TPSA) is 9.23 Å². The molecule has 0 fully saturated rings. The number of rotatable bonds is 22. The second-order valence-electron chi connectivity index (χ2n) is 17.7. The Morgan fingerprint density at radius 3 is 0.721 bits per heavy atom. The highest BCUT2D eigenvalue weighted by molar-refractivity contribution is 5.13. The van der Waals surface area contributed by atoms with E-state index in [0.717, 1.165) is 13.8 Å². The Hall–Kier alpha value is -1.86. The van der Waals surface area contributed by atoms with Crippen molar-refractivity contribution in [1.82, 2.24) is 0 Å². The zero-order chi connectivity index (χ0) is 49.7. The maximum Gasteiger partial charge on any atom is 0.460 e. The SMILES string of the molecule is CC(CCC(COCC(CCC(C)CC(C)(C)C)C(F)(F)C(F)(F)C(F)(F)C(F)(F)C(F)(F)C(F)(F)F)C(F)(F)C(F)(F)C(F)(F)C(F)(F)C(F)(F)C(F)(F)F)CC(C)(C)C. The van der Waals surface area contributed by atoms with Gasteiger partial charge in [-0.3, -0.25) is 0 Å². The molecule has 61 heavy (non-hydrogen) atoms. The Morgan fingerprint density at radius 2 is 0.525 bits per heavy atom. The molecule has 0 aliphatic rings. The van der Waals surface area contributed by atoms with Gasteiger partial charge in [0.25, 0.3) is 0 Å². The summed E-state index contributed by atoms with van der Waals surface area (Å²) in [6.45, 7) is 5.96. The van der Waals surface area contributed by atoms with Crippen molar-refractivity contribution in [2.45, 2.75) is 165 Å². The summed E-state index contributed by atoms with van der Waals surface area (Å²) < 4.78 is 369. The first-order valence-electron chi connectivity index (χ1n) is 17.7. The standard InChI is InChI=1S/C34H44F26O/c1-17(13-21(3,4)5)9-11-19(23(35,36)25(39,40)27(43,44)29(47,48)31(51,52)33(55,56)57)15-61-16-20(12-10-18(2)14-22(6,7)8)24(37,38)26(41,42)28(45,46)30(49,50)32(53,54)34(58,59)60/h17-20H,9-16H2,1-8H3. The van der Waals surface area contributed by atoms with E-state index < -0.39 is 145 Å². The van der Waals surface area contributed by atoms with Gasteiger partial charge in [0.05, 0.1) is 25.0 Å². The van der Waals surface area contributed by atoms with Crippen LogP contribution in [0.3, 0.4) is 0 Å². The van der Waals surface area contributed by atoms with Gasteiger partial charge in [-0.05, 0) is 48.3 Å². The van der Waals surface area contributed by atoms with Crippen molar-refractivity contribution in [3.05, 3.63) is 0 Å². The van der Waals surface area contributed by atoms with Gasteiger partial charge in [-0.25, -0.2) is 0 Å². The van der Waals surface area contributed by atoms with E-state index in [0.29, 0.717) is 0 Å². The van der Waals surface area contributed by atoms with Gasteiger partial charge >= 0.3 is 71.6 Å². The molecule has 0 aromatic rings. The van der Waals surface area contributed by atoms with Crippen molar-refractivity contribution in [1.29, 1.82) is 0 Å². The van der Waals surface area contributed by atoms with E-state index in [2.05, 4.69) is 4.74 Å². The van der Waals surface area contributed by atoms with Gasteiger partial charge in [-0.15, -0.1) is 0 Å². The molecule has 0 aromatic heterocycles. The Kier molecular flexibility index (Phi) is 17.3. The highest BCUT2D eigenvalue weighted by Crippen LogP contribution is 2.63. The van der Waals surface area contributed by atoms with Gasteiger partial charge in [-0.1, -0.05) is 68.2 Å². The van der Waals surface area contributed by atoms with Crippen molar-refractivity contribution in [2.24, 2.45) is 34.5 Å². The lowest BCUT2D eigenvalue weighted by Gasteiger charge is -2.43. The summed E-state index contributed by atoms with van der Waals surface area (Å²) in [6.07, 6.45) is -21.2. The molecule has 0 heterocycles. The third kappa shape index (κ3) is 11.5. The second-order valence-corrected chi connectivity index (χ2v) is 17.7. The first-order valence-corrected chi connectivity index (χ1v) is 17.7. The monoisotopic (exact) mass is 962 g/mol. The van der Waals surface area contributed by atoms with E-state index in [-0.39, 0.29) is 12.8 Å². The molecule has 0 aliphatic heterocycles. The number of alkyl halides is 26. The zero-order valence-electron chi connectivity index (χ0n) is 33.2. The molecule has 0 saturated carbocycles. The molecule has 0 amide bonds. The minimum atomic E-state index is -8.39. The maximum absolute atomic E-state index is 15.4. The Labute approximate surface area is 332 Å². The molecule has 27 heteroatoms. The molecule has 0 aliphatic carbocycles. The normalized spacial score (nSPS) is 18.0. The molecule has 0 saturated heterocycles. The van der Waals surface area contributed by atoms with E-state index in [1.165, 1.54) is 41.5 Å². The molecule has 0 radical (unpaired) electrons. The van der Waals surface area contributed by atoms with Crippen molar-refractivity contribution in [3.63, 3.8) is 0 Å². The molecule has 0 rings (SSSR count). The van der Waals surface area contributed by atoms with Gasteiger partial charge < -0.3 is 4.74 Å². The predicted octanol–water partition coefficient (Wildman–Crippen LogP) is 15.4. The van der Waals surface area contributed by atoms with Crippen molar-refractivity contribution < 1.29 is 119 Å². The minimum absolute atomic E-state index is 0.100. The fourth-order valence-electron chi connectivity index (χ4n) is 6.43. The quantitative estimate of drug-likeness (QED) is 0.0983. The predicted molar refractivity (Wildman–Crippen MR) is 164 cm³/mol. The van der Waals surface area contributed by atoms with Crippen molar-refractivity contribution >= 4 is 0 Å². The van der Waals surface area contributed by atoms with Crippen LogP contribution in [-0.2, 0) is 4.74 Å². The summed E-state index contributed by atoms with van der Waals surface area (Å²) in [5.74, 6) is -89.6. The lowest BCUT2D eigenvalue weighted by molar-refractivity contribution is -0.444. The second kappa shape index (κ2) is 17.8. The minimum Gasteiger partial charge on any atom is -0.380 e. The average Bonchev–Trinajstić information content (AvgIpc) is 3.00. The van der Waals surface area contributed by atoms with Crippen LogP contribution in [0.2, 0.25) is 0 Å². The Bertz CT molecular complexity index is 1290. The smallest absolute Gasteiger partial charge is 0.380 e. The molecule has 1 nitrogen and oxygen atoms in total. The molecule has 0 spiro atoms. The van der Waals surface area contributed by atoms with E-state index >= 15 is 17.6 Å². The van der Waals surface area contributed by atoms with E-state index in [1.54, 1.807) is 0 Å². The molecule has 4 atom stereocenters. The Morgan fingerprint density at radius 1 is 0.311 bits per heavy atom. The van der Waals surface area contributed by atoms with Crippen molar-refractivity contribution in [3.8, 4) is 0 Å². The summed E-state index contributed by atoms with van der Waals surface area (Å²) in [4.78, 5) is 0. The van der Waals surface area contributed by atoms with Gasteiger partial charge in [0.1, 0.15) is 0 Å². The lowest BCUT2D eigenvalue weighted by Crippen LogP contribution is -2.71. The maximum atomic E-state index is 15.4. The van der Waals surface area contributed by atoms with Crippen LogP contribution >= 0.6 is 0 Å². The number of ether oxygens (including phenoxy) is 1. The van der Waals surface area contributed by atoms with Crippen LogP contribution in [0, 0.1) is 34.5 Å². The first-order chi connectivity index (χ1) is 26.2. The highest BCUT2D eigenvalue weighted by Gasteiger charge is 2.92. The largest absolute Gasteiger partial charge is 0.460 e. The third-order valence-electron chi connectivity index (χ3n) is 9.52. The number of hydrogen-bond donors (Lipinski definition) is 0. The lowest BCUT2D eigenvalue weighted by atomic mass is 9.80. The zero-order valence-corrected chi connectivity index (χ0v) is 33.2. The van der Waals surface area contributed by atoms with Crippen LogP contribution < -0.4 is 0 Å². The van der Waals surface area contributed by atoms with Gasteiger partial charge in [0, 0.05) is 0 Å². The van der Waals surface area contributed by atoms with E-state index in [4.69, 9.17) is 0 Å². The number of halogens is 26. The van der Waals surface area contributed by atoms with Crippen LogP contribution in [0.1, 0.15) is 93.9 Å². The Balaban J connectivity index is 7.48. The summed E-state index contributed by atoms with van der Waals surface area (Å²) in [5, 5.41) is 0. The van der Waals surface area contributed by atoms with E-state index in [1.807, 2.05) is 0 Å².